The van der Waals surface area contributed by atoms with Crippen molar-refractivity contribution in [2.75, 3.05) is 23.5 Å². The fraction of sp³-hybridized carbons (Fsp3) is 0.333. The molecule has 0 spiro atoms. The molecule has 2 aliphatic heterocycles. The van der Waals surface area contributed by atoms with Crippen LogP contribution in [-0.2, 0) is 27.2 Å². The van der Waals surface area contributed by atoms with Crippen LogP contribution in [0, 0.1) is 0 Å². The molecule has 0 radical (unpaired) electrons. The molecule has 2 heterocycles. The molecule has 2 fully saturated rings. The van der Waals surface area contributed by atoms with Gasteiger partial charge in [0.1, 0.15) is 5.75 Å². The molecule has 12 heteroatoms. The topological polar surface area (TPSA) is 76.0 Å². The number of para-hydroxylation sites is 1. The van der Waals surface area contributed by atoms with Crippen molar-refractivity contribution in [1.82, 2.24) is 0 Å². The fourth-order valence-corrected chi connectivity index (χ4v) is 8.06. The number of ether oxygens (including phenoxy) is 1. The van der Waals surface area contributed by atoms with Crippen LogP contribution in [0.15, 0.2) is 47.5 Å². The van der Waals surface area contributed by atoms with Gasteiger partial charge < -0.3 is 9.64 Å². The second kappa shape index (κ2) is 8.84. The van der Waals surface area contributed by atoms with Gasteiger partial charge in [0.05, 0.1) is 41.7 Å². The van der Waals surface area contributed by atoms with Crippen molar-refractivity contribution in [2.24, 2.45) is 4.99 Å². The Morgan fingerprint density at radius 1 is 1.24 bits per heavy atom. The van der Waals surface area contributed by atoms with Crippen LogP contribution < -0.4 is 9.64 Å². The van der Waals surface area contributed by atoms with Gasteiger partial charge in [0, 0.05) is 16.5 Å². The predicted octanol–water partition coefficient (Wildman–Crippen LogP) is 4.21. The van der Waals surface area contributed by atoms with Crippen molar-refractivity contribution in [3.8, 4) is 5.75 Å². The Labute approximate surface area is 197 Å². The summed E-state index contributed by atoms with van der Waals surface area (Å²) in [4.78, 5) is 18.3. The number of fused-ring (bicyclic) bond motifs is 1. The van der Waals surface area contributed by atoms with E-state index in [1.54, 1.807) is 24.3 Å². The molecule has 4 rings (SSSR count). The third-order valence-electron chi connectivity index (χ3n) is 5.35. The van der Waals surface area contributed by atoms with Gasteiger partial charge in [-0.05, 0) is 24.3 Å². The Hall–Kier alpha value is -2.24. The molecular weight excluding hydrogens is 501 g/mol. The molecule has 2 atom stereocenters. The zero-order valence-corrected chi connectivity index (χ0v) is 19.6. The van der Waals surface area contributed by atoms with E-state index < -0.39 is 43.8 Å². The number of aliphatic imine (C=N–C) groups is 1. The predicted molar refractivity (Wildman–Crippen MR) is 122 cm³/mol. The summed E-state index contributed by atoms with van der Waals surface area (Å²) in [6.45, 7) is 0. The van der Waals surface area contributed by atoms with Gasteiger partial charge in [0.25, 0.3) is 5.91 Å². The first-order valence-electron chi connectivity index (χ1n) is 9.75. The quantitative estimate of drug-likeness (QED) is 0.603. The van der Waals surface area contributed by atoms with E-state index in [2.05, 4.69) is 4.99 Å². The molecule has 0 saturated carbocycles. The summed E-state index contributed by atoms with van der Waals surface area (Å²) in [7, 11) is -1.89. The van der Waals surface area contributed by atoms with Gasteiger partial charge in [-0.3, -0.25) is 4.79 Å². The van der Waals surface area contributed by atoms with Gasteiger partial charge in [-0.1, -0.05) is 41.6 Å². The molecule has 2 aromatic rings. The highest BCUT2D eigenvalue weighted by atomic mass is 35.5. The van der Waals surface area contributed by atoms with E-state index in [0.717, 1.165) is 23.9 Å². The normalized spacial score (nSPS) is 23.1. The SMILES string of the molecule is COc1ccccc1CC(=O)N=C1S[C@@H]2CS(=O)(=O)C[C@@H]2N1c1ccc(Cl)c(C(F)(F)F)c1. The number of halogens is 4. The molecule has 2 saturated heterocycles. The number of hydrogen-bond donors (Lipinski definition) is 0. The second-order valence-corrected chi connectivity index (χ2v) is 11.4. The number of thioether (sulfide) groups is 1. The average Bonchev–Trinajstić information content (AvgIpc) is 3.18. The van der Waals surface area contributed by atoms with Crippen LogP contribution in [0.1, 0.15) is 11.1 Å². The Morgan fingerprint density at radius 3 is 2.67 bits per heavy atom. The summed E-state index contributed by atoms with van der Waals surface area (Å²) >= 11 is 6.83. The average molecular weight is 519 g/mol. The largest absolute Gasteiger partial charge is 0.496 e. The summed E-state index contributed by atoms with van der Waals surface area (Å²) in [5.41, 5.74) is -0.360. The Kier molecular flexibility index (Phi) is 6.41. The number of carbonyl (C=O) groups is 1. The minimum atomic E-state index is -4.70. The molecule has 2 aliphatic rings. The molecule has 33 heavy (non-hydrogen) atoms. The van der Waals surface area contributed by atoms with Crippen molar-refractivity contribution in [2.45, 2.75) is 23.9 Å². The number of nitrogens with zero attached hydrogens (tertiary/aromatic N) is 2. The van der Waals surface area contributed by atoms with Gasteiger partial charge in [0.2, 0.25) is 0 Å². The standard InChI is InChI=1S/C21H18ClF3N2O4S2/c1-31-17-5-3-2-4-12(17)8-19(28)26-20-27(16-10-33(29,30)11-18(16)32-20)13-6-7-15(22)14(9-13)21(23,24)25/h2-7,9,16,18H,8,10-11H2,1H3/t16-,18+/m0/s1. The number of alkyl halides is 3. The lowest BCUT2D eigenvalue weighted by atomic mass is 10.1. The number of sulfone groups is 1. The highest BCUT2D eigenvalue weighted by Gasteiger charge is 2.49. The smallest absolute Gasteiger partial charge is 0.417 e. The molecule has 1 amide bonds. The van der Waals surface area contributed by atoms with Crippen molar-refractivity contribution in [3.05, 3.63) is 58.6 Å². The van der Waals surface area contributed by atoms with E-state index in [1.165, 1.54) is 18.1 Å². The van der Waals surface area contributed by atoms with Crippen LogP contribution in [0.3, 0.4) is 0 Å². The maximum Gasteiger partial charge on any atom is 0.417 e. The van der Waals surface area contributed by atoms with Gasteiger partial charge in [-0.2, -0.15) is 18.2 Å². The van der Waals surface area contributed by atoms with E-state index in [1.807, 2.05) is 0 Å². The first-order valence-corrected chi connectivity index (χ1v) is 12.8. The van der Waals surface area contributed by atoms with E-state index in [9.17, 15) is 26.4 Å². The number of amides is 1. The Morgan fingerprint density at radius 2 is 1.97 bits per heavy atom. The molecule has 6 nitrogen and oxygen atoms in total. The van der Waals surface area contributed by atoms with Crippen molar-refractivity contribution >= 4 is 50.0 Å². The molecule has 176 valence electrons. The van der Waals surface area contributed by atoms with Crippen LogP contribution in [-0.4, -0.2) is 49.4 Å². The Balaban J connectivity index is 1.71. The van der Waals surface area contributed by atoms with E-state index in [0.29, 0.717) is 11.3 Å². The molecular formula is C21H18ClF3N2O4S2. The molecule has 0 N–H and O–H groups in total. The van der Waals surface area contributed by atoms with Crippen LogP contribution in [0.5, 0.6) is 5.75 Å². The zero-order valence-electron chi connectivity index (χ0n) is 17.2. The van der Waals surface area contributed by atoms with Crippen molar-refractivity contribution < 1.29 is 31.1 Å². The van der Waals surface area contributed by atoms with Gasteiger partial charge in [0.15, 0.2) is 15.0 Å². The Bertz CT molecular complexity index is 1230. The van der Waals surface area contributed by atoms with Crippen LogP contribution in [0.2, 0.25) is 5.02 Å². The summed E-state index contributed by atoms with van der Waals surface area (Å²) in [6.07, 6.45) is -4.78. The number of carbonyl (C=O) groups excluding carboxylic acids is 1. The number of rotatable bonds is 4. The lowest BCUT2D eigenvalue weighted by molar-refractivity contribution is -0.137. The lowest BCUT2D eigenvalue weighted by Gasteiger charge is -2.25. The number of methoxy groups -OCH3 is 1. The molecule has 0 unspecified atom stereocenters. The van der Waals surface area contributed by atoms with E-state index in [4.69, 9.17) is 16.3 Å². The summed E-state index contributed by atoms with van der Waals surface area (Å²) in [5, 5.41) is -0.757. The summed E-state index contributed by atoms with van der Waals surface area (Å²) in [5.74, 6) is -0.399. The van der Waals surface area contributed by atoms with Gasteiger partial charge in [-0.15, -0.1) is 0 Å². The van der Waals surface area contributed by atoms with Crippen molar-refractivity contribution in [3.63, 3.8) is 0 Å². The third-order valence-corrected chi connectivity index (χ3v) is 8.89. The second-order valence-electron chi connectivity index (χ2n) is 7.61. The minimum absolute atomic E-state index is 0.0765. The maximum atomic E-state index is 13.4. The molecule has 0 aliphatic carbocycles. The summed E-state index contributed by atoms with van der Waals surface area (Å²) < 4.78 is 69.9. The zero-order chi connectivity index (χ0) is 24.0. The maximum absolute atomic E-state index is 13.4. The minimum Gasteiger partial charge on any atom is -0.496 e. The first kappa shape index (κ1) is 23.9. The summed E-state index contributed by atoms with van der Waals surface area (Å²) in [6, 6.07) is 9.61. The number of amidine groups is 1. The monoisotopic (exact) mass is 518 g/mol. The highest BCUT2D eigenvalue weighted by Crippen LogP contribution is 2.43. The van der Waals surface area contributed by atoms with E-state index >= 15 is 0 Å². The molecule has 0 aromatic heterocycles. The first-order chi connectivity index (χ1) is 15.5. The lowest BCUT2D eigenvalue weighted by Crippen LogP contribution is -2.38. The highest BCUT2D eigenvalue weighted by molar-refractivity contribution is 8.16. The van der Waals surface area contributed by atoms with Crippen LogP contribution >= 0.6 is 23.4 Å². The number of benzene rings is 2. The third kappa shape index (κ3) is 4.99. The van der Waals surface area contributed by atoms with Gasteiger partial charge >= 0.3 is 6.18 Å². The van der Waals surface area contributed by atoms with E-state index in [-0.39, 0.29) is 28.8 Å². The van der Waals surface area contributed by atoms with Crippen molar-refractivity contribution in [1.29, 1.82) is 0 Å². The molecule has 2 aromatic carbocycles. The number of anilines is 1. The van der Waals surface area contributed by atoms with Crippen LogP contribution in [0.25, 0.3) is 0 Å². The van der Waals surface area contributed by atoms with Crippen LogP contribution in [0.4, 0.5) is 18.9 Å². The fourth-order valence-electron chi connectivity index (χ4n) is 3.90. The number of hydrogen-bond acceptors (Lipinski definition) is 5. The van der Waals surface area contributed by atoms with Gasteiger partial charge in [-0.25, -0.2) is 8.42 Å². The molecule has 0 bridgehead atoms.